The molecule has 24 heavy (non-hydrogen) atoms. The van der Waals surface area contributed by atoms with Crippen LogP contribution in [0.3, 0.4) is 0 Å². The number of rotatable bonds is 6. The number of hydrogen-bond acceptors (Lipinski definition) is 3. The van der Waals surface area contributed by atoms with E-state index >= 15 is 0 Å². The average Bonchev–Trinajstić information content (AvgIpc) is 3.18. The van der Waals surface area contributed by atoms with Gasteiger partial charge in [0.2, 0.25) is 10.0 Å². The topological polar surface area (TPSA) is 64.0 Å². The summed E-state index contributed by atoms with van der Waals surface area (Å²) in [6.45, 7) is 1.99. The molecular formula is C17H22FN3O2S. The summed E-state index contributed by atoms with van der Waals surface area (Å²) in [5, 5.41) is 4.39. The maximum Gasteiger partial charge on any atom is 0.243 e. The van der Waals surface area contributed by atoms with Crippen molar-refractivity contribution in [2.75, 3.05) is 6.54 Å². The number of nitrogens with zero attached hydrogens (tertiary/aromatic N) is 2. The molecule has 1 aliphatic rings. The van der Waals surface area contributed by atoms with Crippen LogP contribution in [0.2, 0.25) is 0 Å². The molecule has 7 heteroatoms. The molecule has 3 rings (SSSR count). The van der Waals surface area contributed by atoms with Crippen LogP contribution in [0, 0.1) is 12.7 Å². The van der Waals surface area contributed by atoms with E-state index in [9.17, 15) is 12.8 Å². The van der Waals surface area contributed by atoms with Gasteiger partial charge in [-0.2, -0.15) is 5.10 Å². The van der Waals surface area contributed by atoms with E-state index in [4.69, 9.17) is 0 Å². The van der Waals surface area contributed by atoms with Gasteiger partial charge in [0.1, 0.15) is 10.7 Å². The first-order valence-electron chi connectivity index (χ1n) is 8.25. The Hall–Kier alpha value is -1.73. The lowest BCUT2D eigenvalue weighted by Gasteiger charge is -2.08. The number of aryl methyl sites for hydroxylation is 1. The minimum absolute atomic E-state index is 0.244. The molecule has 0 bridgehead atoms. The van der Waals surface area contributed by atoms with Gasteiger partial charge in [0.15, 0.2) is 0 Å². The third-order valence-corrected chi connectivity index (χ3v) is 6.04. The van der Waals surface area contributed by atoms with Crippen molar-refractivity contribution >= 4 is 10.0 Å². The van der Waals surface area contributed by atoms with Crippen LogP contribution in [0.25, 0.3) is 0 Å². The minimum atomic E-state index is -3.59. The van der Waals surface area contributed by atoms with Gasteiger partial charge in [0.05, 0.1) is 11.7 Å². The Kier molecular flexibility index (Phi) is 5.01. The zero-order chi connectivity index (χ0) is 17.2. The zero-order valence-electron chi connectivity index (χ0n) is 13.7. The van der Waals surface area contributed by atoms with Crippen LogP contribution >= 0.6 is 0 Å². The molecule has 0 spiro atoms. The lowest BCUT2D eigenvalue weighted by atomic mass is 10.1. The number of halogens is 1. The lowest BCUT2D eigenvalue weighted by Crippen LogP contribution is -2.26. The Bertz CT molecular complexity index is 794. The molecule has 0 radical (unpaired) electrons. The highest BCUT2D eigenvalue weighted by Crippen LogP contribution is 2.30. The summed E-state index contributed by atoms with van der Waals surface area (Å²) in [5.41, 5.74) is 1.41. The first kappa shape index (κ1) is 17.1. The molecular weight excluding hydrogens is 329 g/mol. The normalized spacial score (nSPS) is 15.9. The highest BCUT2D eigenvalue weighted by molar-refractivity contribution is 7.89. The molecule has 5 nitrogen and oxygen atoms in total. The number of nitrogens with one attached hydrogen (secondary N) is 1. The summed E-state index contributed by atoms with van der Waals surface area (Å²) in [6.07, 6.45) is 6.60. The van der Waals surface area contributed by atoms with Crippen molar-refractivity contribution in [3.8, 4) is 0 Å². The minimum Gasteiger partial charge on any atom is -0.268 e. The Morgan fingerprint density at radius 2 is 1.92 bits per heavy atom. The SMILES string of the molecule is Cc1nn(C2CCCC2)cc1S(=O)(=O)NCCc1ccc(F)cc1. The van der Waals surface area contributed by atoms with E-state index in [1.165, 1.54) is 25.0 Å². The van der Waals surface area contributed by atoms with Crippen LogP contribution < -0.4 is 4.72 Å². The second-order valence-corrected chi connectivity index (χ2v) is 8.01. The maximum atomic E-state index is 12.9. The molecule has 0 saturated heterocycles. The largest absolute Gasteiger partial charge is 0.268 e. The second-order valence-electron chi connectivity index (χ2n) is 6.27. The van der Waals surface area contributed by atoms with Crippen LogP contribution in [0.5, 0.6) is 0 Å². The number of aromatic nitrogens is 2. The molecule has 0 amide bonds. The molecule has 130 valence electrons. The van der Waals surface area contributed by atoms with Crippen LogP contribution in [0.1, 0.15) is 43.0 Å². The highest BCUT2D eigenvalue weighted by Gasteiger charge is 2.24. The molecule has 1 fully saturated rings. The Labute approximate surface area is 141 Å². The summed E-state index contributed by atoms with van der Waals surface area (Å²) >= 11 is 0. The van der Waals surface area contributed by atoms with Crippen molar-refractivity contribution < 1.29 is 12.8 Å². The zero-order valence-corrected chi connectivity index (χ0v) is 14.5. The van der Waals surface area contributed by atoms with Crippen molar-refractivity contribution in [3.63, 3.8) is 0 Å². The van der Waals surface area contributed by atoms with Crippen LogP contribution in [0.15, 0.2) is 35.4 Å². The standard InChI is InChI=1S/C17H22FN3O2S/c1-13-17(12-21(20-13)16-4-2-3-5-16)24(22,23)19-11-10-14-6-8-15(18)9-7-14/h6-9,12,16,19H,2-5,10-11H2,1H3. The van der Waals surface area contributed by atoms with Crippen molar-refractivity contribution in [3.05, 3.63) is 47.5 Å². The molecule has 0 aliphatic heterocycles. The van der Waals surface area contributed by atoms with Gasteiger partial charge in [-0.15, -0.1) is 0 Å². The van der Waals surface area contributed by atoms with E-state index in [0.717, 1.165) is 18.4 Å². The Morgan fingerprint density at radius 1 is 1.25 bits per heavy atom. The van der Waals surface area contributed by atoms with Crippen molar-refractivity contribution in [2.24, 2.45) is 0 Å². The quantitative estimate of drug-likeness (QED) is 0.870. The number of benzene rings is 1. The van der Waals surface area contributed by atoms with E-state index in [1.807, 2.05) is 0 Å². The van der Waals surface area contributed by atoms with E-state index in [1.54, 1.807) is 29.9 Å². The fourth-order valence-corrected chi connectivity index (χ4v) is 4.35. The van der Waals surface area contributed by atoms with Crippen LogP contribution in [-0.4, -0.2) is 24.7 Å². The lowest BCUT2D eigenvalue weighted by molar-refractivity contribution is 0.464. The van der Waals surface area contributed by atoms with Crippen molar-refractivity contribution in [2.45, 2.75) is 50.0 Å². The predicted octanol–water partition coefficient (Wildman–Crippen LogP) is 2.97. The smallest absolute Gasteiger partial charge is 0.243 e. The van der Waals surface area contributed by atoms with Crippen LogP contribution in [-0.2, 0) is 16.4 Å². The fraction of sp³-hybridized carbons (Fsp3) is 0.471. The molecule has 1 aromatic heterocycles. The maximum absolute atomic E-state index is 12.9. The van der Waals surface area contributed by atoms with Gasteiger partial charge in [-0.3, -0.25) is 4.68 Å². The average molecular weight is 351 g/mol. The van der Waals surface area contributed by atoms with E-state index in [-0.39, 0.29) is 17.3 Å². The van der Waals surface area contributed by atoms with Gasteiger partial charge >= 0.3 is 0 Å². The number of sulfonamides is 1. The number of hydrogen-bond donors (Lipinski definition) is 1. The summed E-state index contributed by atoms with van der Waals surface area (Å²) in [7, 11) is -3.59. The molecule has 0 unspecified atom stereocenters. The molecule has 2 aromatic rings. The van der Waals surface area contributed by atoms with Gasteiger partial charge < -0.3 is 0 Å². The Balaban J connectivity index is 1.65. The summed E-state index contributed by atoms with van der Waals surface area (Å²) in [6, 6.07) is 6.38. The van der Waals surface area contributed by atoms with Crippen molar-refractivity contribution in [1.82, 2.24) is 14.5 Å². The molecule has 1 N–H and O–H groups in total. The van der Waals surface area contributed by atoms with Gasteiger partial charge in [-0.05, 0) is 43.9 Å². The van der Waals surface area contributed by atoms with E-state index < -0.39 is 10.0 Å². The van der Waals surface area contributed by atoms with E-state index in [2.05, 4.69) is 9.82 Å². The monoisotopic (exact) mass is 351 g/mol. The molecule has 1 aliphatic carbocycles. The first-order valence-corrected chi connectivity index (χ1v) is 9.74. The Morgan fingerprint density at radius 3 is 2.58 bits per heavy atom. The van der Waals surface area contributed by atoms with Crippen LogP contribution in [0.4, 0.5) is 4.39 Å². The predicted molar refractivity (Wildman–Crippen MR) is 89.8 cm³/mol. The molecule has 1 aromatic carbocycles. The third kappa shape index (κ3) is 3.84. The molecule has 1 heterocycles. The fourth-order valence-electron chi connectivity index (χ4n) is 3.14. The molecule has 1 saturated carbocycles. The summed E-state index contributed by atoms with van der Waals surface area (Å²) in [5.74, 6) is -0.297. The first-order chi connectivity index (χ1) is 11.5. The van der Waals surface area contributed by atoms with Gasteiger partial charge in [0, 0.05) is 12.7 Å². The van der Waals surface area contributed by atoms with Gasteiger partial charge in [-0.1, -0.05) is 25.0 Å². The third-order valence-electron chi connectivity index (χ3n) is 4.48. The molecule has 0 atom stereocenters. The van der Waals surface area contributed by atoms with Crippen molar-refractivity contribution in [1.29, 1.82) is 0 Å². The second kappa shape index (κ2) is 7.03. The highest BCUT2D eigenvalue weighted by atomic mass is 32.2. The summed E-state index contributed by atoms with van der Waals surface area (Å²) in [4.78, 5) is 0.244. The van der Waals surface area contributed by atoms with Gasteiger partial charge in [0.25, 0.3) is 0 Å². The van der Waals surface area contributed by atoms with Gasteiger partial charge in [-0.25, -0.2) is 17.5 Å². The van der Waals surface area contributed by atoms with E-state index in [0.29, 0.717) is 18.2 Å². The summed E-state index contributed by atoms with van der Waals surface area (Å²) < 4.78 is 42.3.